The average Bonchev–Trinajstić information content (AvgIpc) is 2.62. The monoisotopic (exact) mass is 224 g/mol. The van der Waals surface area contributed by atoms with E-state index in [4.69, 9.17) is 10.3 Å². The van der Waals surface area contributed by atoms with Crippen molar-refractivity contribution in [1.29, 1.82) is 0 Å². The topological polar surface area (TPSA) is 85.2 Å². The first-order valence-corrected chi connectivity index (χ1v) is 5.63. The zero-order valence-corrected chi connectivity index (χ0v) is 9.19. The minimum Gasteiger partial charge on any atom is -0.337 e. The Bertz CT molecular complexity index is 355. The quantitative estimate of drug-likeness (QED) is 0.792. The first-order valence-electron chi connectivity index (χ1n) is 5.63. The highest BCUT2D eigenvalue weighted by Gasteiger charge is 2.21. The number of aromatic nitrogens is 2. The maximum atomic E-state index is 12.0. The smallest absolute Gasteiger partial charge is 0.295 e. The van der Waals surface area contributed by atoms with Crippen molar-refractivity contribution in [2.45, 2.75) is 32.2 Å². The minimum atomic E-state index is -0.148. The number of carbonyl (C=O) groups is 1. The molecule has 2 heterocycles. The van der Waals surface area contributed by atoms with Crippen LogP contribution in [0.2, 0.25) is 0 Å². The normalized spacial score (nSPS) is 17.2. The van der Waals surface area contributed by atoms with Crippen LogP contribution in [0.25, 0.3) is 0 Å². The lowest BCUT2D eigenvalue weighted by Gasteiger charge is -2.17. The Kier molecular flexibility index (Phi) is 3.51. The van der Waals surface area contributed by atoms with Gasteiger partial charge in [-0.25, -0.2) is 0 Å². The number of hydrogen-bond acceptors (Lipinski definition) is 5. The molecule has 0 unspecified atom stereocenters. The molecule has 6 heteroatoms. The van der Waals surface area contributed by atoms with Gasteiger partial charge in [-0.1, -0.05) is 18.0 Å². The molecule has 1 aliphatic heterocycles. The Morgan fingerprint density at radius 1 is 1.31 bits per heavy atom. The van der Waals surface area contributed by atoms with Gasteiger partial charge in [-0.15, -0.1) is 0 Å². The van der Waals surface area contributed by atoms with Crippen LogP contribution in [0.3, 0.4) is 0 Å². The predicted molar refractivity (Wildman–Crippen MR) is 56.6 cm³/mol. The Labute approximate surface area is 93.8 Å². The summed E-state index contributed by atoms with van der Waals surface area (Å²) in [4.78, 5) is 17.7. The van der Waals surface area contributed by atoms with Crippen LogP contribution in [0.5, 0.6) is 0 Å². The van der Waals surface area contributed by atoms with Crippen molar-refractivity contribution in [2.24, 2.45) is 5.73 Å². The van der Waals surface area contributed by atoms with Crippen molar-refractivity contribution in [3.05, 3.63) is 11.7 Å². The number of carbonyl (C=O) groups excluding carboxylic acids is 1. The number of rotatable bonds is 2. The Balaban J connectivity index is 2.05. The minimum absolute atomic E-state index is 0.127. The summed E-state index contributed by atoms with van der Waals surface area (Å²) in [6, 6.07) is 0. The first kappa shape index (κ1) is 11.1. The SMILES string of the molecule is NCc1nc(C(=O)N2CCCCCC2)no1. The highest BCUT2D eigenvalue weighted by molar-refractivity contribution is 5.90. The van der Waals surface area contributed by atoms with E-state index < -0.39 is 0 Å². The molecule has 1 saturated heterocycles. The third kappa shape index (κ3) is 2.38. The predicted octanol–water partition coefficient (Wildman–Crippen LogP) is 0.544. The average molecular weight is 224 g/mol. The van der Waals surface area contributed by atoms with E-state index >= 15 is 0 Å². The van der Waals surface area contributed by atoms with Crippen LogP contribution < -0.4 is 5.73 Å². The second-order valence-corrected chi connectivity index (χ2v) is 3.92. The molecule has 2 N–H and O–H groups in total. The van der Waals surface area contributed by atoms with Gasteiger partial charge in [0.15, 0.2) is 0 Å². The molecule has 1 aromatic heterocycles. The lowest BCUT2D eigenvalue weighted by Crippen LogP contribution is -2.32. The summed E-state index contributed by atoms with van der Waals surface area (Å²) in [5.74, 6) is 0.283. The number of nitrogens with zero attached hydrogens (tertiary/aromatic N) is 3. The Hall–Kier alpha value is -1.43. The van der Waals surface area contributed by atoms with Gasteiger partial charge in [-0.3, -0.25) is 4.79 Å². The molecule has 0 radical (unpaired) electrons. The third-order valence-corrected chi connectivity index (χ3v) is 2.73. The molecular weight excluding hydrogens is 208 g/mol. The fourth-order valence-electron chi connectivity index (χ4n) is 1.84. The standard InChI is InChI=1S/C10H16N4O2/c11-7-8-12-9(13-16-8)10(15)14-5-3-1-2-4-6-14/h1-7,11H2. The van der Waals surface area contributed by atoms with Crippen molar-refractivity contribution >= 4 is 5.91 Å². The molecule has 88 valence electrons. The number of likely N-dealkylation sites (tertiary alicyclic amines) is 1. The van der Waals surface area contributed by atoms with E-state index in [1.165, 1.54) is 12.8 Å². The summed E-state index contributed by atoms with van der Waals surface area (Å²) < 4.78 is 4.82. The first-order chi connectivity index (χ1) is 7.81. The molecule has 0 saturated carbocycles. The van der Waals surface area contributed by atoms with Gasteiger partial charge in [0.05, 0.1) is 6.54 Å². The molecule has 0 aliphatic carbocycles. The van der Waals surface area contributed by atoms with Crippen LogP contribution in [0.15, 0.2) is 4.52 Å². The summed E-state index contributed by atoms with van der Waals surface area (Å²) in [7, 11) is 0. The summed E-state index contributed by atoms with van der Waals surface area (Å²) in [5, 5.41) is 3.64. The highest BCUT2D eigenvalue weighted by Crippen LogP contribution is 2.12. The van der Waals surface area contributed by atoms with E-state index in [0.29, 0.717) is 5.89 Å². The Morgan fingerprint density at radius 3 is 2.56 bits per heavy atom. The van der Waals surface area contributed by atoms with E-state index in [0.717, 1.165) is 25.9 Å². The maximum absolute atomic E-state index is 12.0. The van der Waals surface area contributed by atoms with Crippen LogP contribution in [0.4, 0.5) is 0 Å². The molecule has 2 rings (SSSR count). The fraction of sp³-hybridized carbons (Fsp3) is 0.700. The number of hydrogen-bond donors (Lipinski definition) is 1. The van der Waals surface area contributed by atoms with Crippen LogP contribution in [0, 0.1) is 0 Å². The molecule has 6 nitrogen and oxygen atoms in total. The molecule has 0 bridgehead atoms. The summed E-state index contributed by atoms with van der Waals surface area (Å²) in [6.07, 6.45) is 4.47. The molecule has 1 aliphatic rings. The van der Waals surface area contributed by atoms with Gasteiger partial charge in [-0.2, -0.15) is 4.98 Å². The van der Waals surface area contributed by atoms with Crippen LogP contribution in [-0.2, 0) is 6.54 Å². The summed E-state index contributed by atoms with van der Waals surface area (Å²) >= 11 is 0. The van der Waals surface area contributed by atoms with E-state index in [9.17, 15) is 4.79 Å². The van der Waals surface area contributed by atoms with Gasteiger partial charge in [0, 0.05) is 13.1 Å². The summed E-state index contributed by atoms with van der Waals surface area (Å²) in [6.45, 7) is 1.73. The van der Waals surface area contributed by atoms with Crippen molar-refractivity contribution in [3.8, 4) is 0 Å². The van der Waals surface area contributed by atoms with Crippen molar-refractivity contribution in [3.63, 3.8) is 0 Å². The highest BCUT2D eigenvalue weighted by atomic mass is 16.5. The number of amides is 1. The van der Waals surface area contributed by atoms with Gasteiger partial charge < -0.3 is 15.2 Å². The lowest BCUT2D eigenvalue weighted by molar-refractivity contribution is 0.0746. The van der Waals surface area contributed by atoms with Crippen molar-refractivity contribution in [2.75, 3.05) is 13.1 Å². The molecule has 0 spiro atoms. The van der Waals surface area contributed by atoms with Gasteiger partial charge in [0.2, 0.25) is 5.89 Å². The molecule has 0 aromatic carbocycles. The fourth-order valence-corrected chi connectivity index (χ4v) is 1.84. The van der Waals surface area contributed by atoms with E-state index in [1.807, 2.05) is 0 Å². The Morgan fingerprint density at radius 2 is 2.00 bits per heavy atom. The van der Waals surface area contributed by atoms with E-state index in [-0.39, 0.29) is 18.3 Å². The molecule has 0 atom stereocenters. The molecule has 1 amide bonds. The second-order valence-electron chi connectivity index (χ2n) is 3.92. The lowest BCUT2D eigenvalue weighted by atomic mass is 10.2. The zero-order valence-electron chi connectivity index (χ0n) is 9.19. The van der Waals surface area contributed by atoms with Crippen LogP contribution in [-0.4, -0.2) is 34.0 Å². The third-order valence-electron chi connectivity index (χ3n) is 2.73. The number of nitrogens with two attached hydrogens (primary N) is 1. The van der Waals surface area contributed by atoms with Crippen molar-refractivity contribution < 1.29 is 9.32 Å². The van der Waals surface area contributed by atoms with Crippen LogP contribution >= 0.6 is 0 Å². The zero-order chi connectivity index (χ0) is 11.4. The van der Waals surface area contributed by atoms with Gasteiger partial charge >= 0.3 is 0 Å². The van der Waals surface area contributed by atoms with Crippen LogP contribution in [0.1, 0.15) is 42.2 Å². The second kappa shape index (κ2) is 5.07. The van der Waals surface area contributed by atoms with Gasteiger partial charge in [-0.05, 0) is 12.8 Å². The van der Waals surface area contributed by atoms with E-state index in [2.05, 4.69) is 10.1 Å². The molecule has 16 heavy (non-hydrogen) atoms. The summed E-state index contributed by atoms with van der Waals surface area (Å²) in [5.41, 5.74) is 5.35. The van der Waals surface area contributed by atoms with Crippen molar-refractivity contribution in [1.82, 2.24) is 15.0 Å². The van der Waals surface area contributed by atoms with Gasteiger partial charge in [0.25, 0.3) is 11.7 Å². The molecule has 1 aromatic rings. The maximum Gasteiger partial charge on any atom is 0.295 e. The van der Waals surface area contributed by atoms with Gasteiger partial charge in [0.1, 0.15) is 0 Å². The molecule has 1 fully saturated rings. The largest absolute Gasteiger partial charge is 0.337 e. The molecular formula is C10H16N4O2. The van der Waals surface area contributed by atoms with E-state index in [1.54, 1.807) is 4.90 Å².